The first-order chi connectivity index (χ1) is 12.9. The molecule has 1 unspecified atom stereocenters. The van der Waals surface area contributed by atoms with Crippen molar-refractivity contribution in [2.75, 3.05) is 0 Å². The molecule has 0 aromatic heterocycles. The smallest absolute Gasteiger partial charge is 0.279 e. The molecule has 138 valence electrons. The second kappa shape index (κ2) is 8.29. The SMILES string of the molecule is CC(Oc1ccc2ccccc2c1)C(=O)NNC(=O)c1ccc(Cl)cc1Cl. The third-order valence-corrected chi connectivity index (χ3v) is 4.43. The van der Waals surface area contributed by atoms with E-state index in [1.165, 1.54) is 18.2 Å². The van der Waals surface area contributed by atoms with Gasteiger partial charge in [0.1, 0.15) is 5.75 Å². The Morgan fingerprint density at radius 1 is 0.926 bits per heavy atom. The van der Waals surface area contributed by atoms with Gasteiger partial charge in [-0.05, 0) is 48.0 Å². The van der Waals surface area contributed by atoms with E-state index in [2.05, 4.69) is 10.9 Å². The predicted molar refractivity (Wildman–Crippen MR) is 106 cm³/mol. The van der Waals surface area contributed by atoms with Crippen LogP contribution in [0.3, 0.4) is 0 Å². The molecule has 5 nitrogen and oxygen atoms in total. The van der Waals surface area contributed by atoms with Crippen molar-refractivity contribution in [3.05, 3.63) is 76.3 Å². The van der Waals surface area contributed by atoms with Crippen LogP contribution in [-0.2, 0) is 4.79 Å². The number of amides is 2. The molecule has 0 spiro atoms. The molecule has 1 atom stereocenters. The van der Waals surface area contributed by atoms with E-state index >= 15 is 0 Å². The number of hydrogen-bond acceptors (Lipinski definition) is 3. The second-order valence-corrected chi connectivity index (χ2v) is 6.68. The zero-order valence-corrected chi connectivity index (χ0v) is 15.8. The lowest BCUT2D eigenvalue weighted by Gasteiger charge is -2.16. The summed E-state index contributed by atoms with van der Waals surface area (Å²) >= 11 is 11.8. The molecular weight excluding hydrogens is 387 g/mol. The minimum Gasteiger partial charge on any atom is -0.481 e. The first-order valence-electron chi connectivity index (χ1n) is 8.15. The van der Waals surface area contributed by atoms with Crippen LogP contribution in [0.15, 0.2) is 60.7 Å². The van der Waals surface area contributed by atoms with Gasteiger partial charge in [0.2, 0.25) is 0 Å². The monoisotopic (exact) mass is 402 g/mol. The Kier molecular flexibility index (Phi) is 5.84. The van der Waals surface area contributed by atoms with Crippen molar-refractivity contribution >= 4 is 45.8 Å². The molecule has 0 heterocycles. The zero-order valence-electron chi connectivity index (χ0n) is 14.3. The zero-order chi connectivity index (χ0) is 19.4. The van der Waals surface area contributed by atoms with E-state index in [4.69, 9.17) is 27.9 Å². The molecule has 3 rings (SSSR count). The maximum Gasteiger partial charge on any atom is 0.279 e. The van der Waals surface area contributed by atoms with Crippen molar-refractivity contribution in [3.63, 3.8) is 0 Å². The molecule has 0 radical (unpaired) electrons. The van der Waals surface area contributed by atoms with Crippen LogP contribution in [0.25, 0.3) is 10.8 Å². The Balaban J connectivity index is 1.59. The minimum absolute atomic E-state index is 0.190. The lowest BCUT2D eigenvalue weighted by Crippen LogP contribution is -2.47. The van der Waals surface area contributed by atoms with Crippen LogP contribution in [0, 0.1) is 0 Å². The van der Waals surface area contributed by atoms with Gasteiger partial charge in [-0.1, -0.05) is 53.5 Å². The van der Waals surface area contributed by atoms with E-state index < -0.39 is 17.9 Å². The van der Waals surface area contributed by atoms with Gasteiger partial charge in [0, 0.05) is 5.02 Å². The molecule has 0 bridgehead atoms. The lowest BCUT2D eigenvalue weighted by atomic mass is 10.1. The Morgan fingerprint density at radius 3 is 2.41 bits per heavy atom. The number of hydrazine groups is 1. The first-order valence-corrected chi connectivity index (χ1v) is 8.90. The molecule has 2 amide bonds. The van der Waals surface area contributed by atoms with E-state index in [9.17, 15) is 9.59 Å². The molecule has 0 aliphatic heterocycles. The van der Waals surface area contributed by atoms with Gasteiger partial charge in [0.05, 0.1) is 10.6 Å². The molecular formula is C20H16Cl2N2O3. The third kappa shape index (κ3) is 4.70. The molecule has 27 heavy (non-hydrogen) atoms. The maximum absolute atomic E-state index is 12.2. The van der Waals surface area contributed by atoms with Crippen molar-refractivity contribution in [2.45, 2.75) is 13.0 Å². The Labute approximate surface area is 166 Å². The van der Waals surface area contributed by atoms with Crippen molar-refractivity contribution in [1.82, 2.24) is 10.9 Å². The number of carbonyl (C=O) groups excluding carboxylic acids is 2. The lowest BCUT2D eigenvalue weighted by molar-refractivity contribution is -0.128. The quantitative estimate of drug-likeness (QED) is 0.636. The molecule has 2 N–H and O–H groups in total. The number of fused-ring (bicyclic) bond motifs is 1. The fourth-order valence-electron chi connectivity index (χ4n) is 2.46. The van der Waals surface area contributed by atoms with Crippen LogP contribution in [0.4, 0.5) is 0 Å². The van der Waals surface area contributed by atoms with Crippen molar-refractivity contribution in [2.24, 2.45) is 0 Å². The van der Waals surface area contributed by atoms with Crippen molar-refractivity contribution in [3.8, 4) is 5.75 Å². The summed E-state index contributed by atoms with van der Waals surface area (Å²) in [7, 11) is 0. The minimum atomic E-state index is -0.813. The average molecular weight is 403 g/mol. The summed E-state index contributed by atoms with van der Waals surface area (Å²) in [5.41, 5.74) is 4.83. The summed E-state index contributed by atoms with van der Waals surface area (Å²) in [6.07, 6.45) is -0.813. The van der Waals surface area contributed by atoms with Crippen LogP contribution in [0.1, 0.15) is 17.3 Å². The summed E-state index contributed by atoms with van der Waals surface area (Å²) in [6.45, 7) is 1.59. The van der Waals surface area contributed by atoms with Crippen LogP contribution in [-0.4, -0.2) is 17.9 Å². The number of rotatable bonds is 4. The van der Waals surface area contributed by atoms with Gasteiger partial charge in [-0.3, -0.25) is 20.4 Å². The molecule has 3 aromatic carbocycles. The number of benzene rings is 3. The first kappa shape index (κ1) is 19.0. The number of carbonyl (C=O) groups is 2. The highest BCUT2D eigenvalue weighted by Gasteiger charge is 2.17. The van der Waals surface area contributed by atoms with Crippen LogP contribution < -0.4 is 15.6 Å². The Hall–Kier alpha value is -2.76. The highest BCUT2D eigenvalue weighted by atomic mass is 35.5. The van der Waals surface area contributed by atoms with E-state index in [0.29, 0.717) is 10.8 Å². The van der Waals surface area contributed by atoms with E-state index in [1.807, 2.05) is 36.4 Å². The van der Waals surface area contributed by atoms with Gasteiger partial charge in [-0.2, -0.15) is 0 Å². The summed E-state index contributed by atoms with van der Waals surface area (Å²) in [4.78, 5) is 24.3. The molecule has 0 fully saturated rings. The molecule has 0 saturated heterocycles. The molecule has 7 heteroatoms. The molecule has 0 aliphatic carbocycles. The van der Waals surface area contributed by atoms with Crippen LogP contribution in [0.2, 0.25) is 10.0 Å². The fraction of sp³-hybridized carbons (Fsp3) is 0.100. The van der Waals surface area contributed by atoms with Crippen molar-refractivity contribution in [1.29, 1.82) is 0 Å². The van der Waals surface area contributed by atoms with Crippen LogP contribution in [0.5, 0.6) is 5.75 Å². The van der Waals surface area contributed by atoms with Gasteiger partial charge in [0.25, 0.3) is 11.8 Å². The number of hydrogen-bond donors (Lipinski definition) is 2. The highest BCUT2D eigenvalue weighted by molar-refractivity contribution is 6.36. The van der Waals surface area contributed by atoms with E-state index in [0.717, 1.165) is 10.8 Å². The van der Waals surface area contributed by atoms with Crippen molar-refractivity contribution < 1.29 is 14.3 Å². The second-order valence-electron chi connectivity index (χ2n) is 5.84. The summed E-state index contributed by atoms with van der Waals surface area (Å²) in [6, 6.07) is 17.9. The number of halogens is 2. The third-order valence-electron chi connectivity index (χ3n) is 3.88. The standard InChI is InChI=1S/C20H16Cl2N2O3/c1-12(27-16-8-6-13-4-2-3-5-14(13)10-16)19(25)23-24-20(26)17-9-7-15(21)11-18(17)22/h2-12H,1H3,(H,23,25)(H,24,26). The Morgan fingerprint density at radius 2 is 1.67 bits per heavy atom. The number of ether oxygens (including phenoxy) is 1. The maximum atomic E-state index is 12.2. The fourth-order valence-corrected chi connectivity index (χ4v) is 2.95. The van der Waals surface area contributed by atoms with Gasteiger partial charge in [-0.15, -0.1) is 0 Å². The summed E-state index contributed by atoms with van der Waals surface area (Å²) < 4.78 is 5.65. The van der Waals surface area contributed by atoms with Gasteiger partial charge in [0.15, 0.2) is 6.10 Å². The summed E-state index contributed by atoms with van der Waals surface area (Å²) in [5.74, 6) is -0.493. The predicted octanol–water partition coefficient (Wildman–Crippen LogP) is 4.38. The molecule has 3 aromatic rings. The van der Waals surface area contributed by atoms with Gasteiger partial charge < -0.3 is 4.74 Å². The van der Waals surface area contributed by atoms with Gasteiger partial charge >= 0.3 is 0 Å². The van der Waals surface area contributed by atoms with Gasteiger partial charge in [-0.25, -0.2) is 0 Å². The number of nitrogens with one attached hydrogen (secondary N) is 2. The summed E-state index contributed by atoms with van der Waals surface area (Å²) in [5, 5.41) is 2.69. The normalized spacial score (nSPS) is 11.7. The molecule has 0 saturated carbocycles. The van der Waals surface area contributed by atoms with E-state index in [1.54, 1.807) is 13.0 Å². The Bertz CT molecular complexity index is 1010. The molecule has 0 aliphatic rings. The van der Waals surface area contributed by atoms with Crippen LogP contribution >= 0.6 is 23.2 Å². The largest absolute Gasteiger partial charge is 0.481 e. The topological polar surface area (TPSA) is 67.4 Å². The van der Waals surface area contributed by atoms with E-state index in [-0.39, 0.29) is 10.6 Å². The average Bonchev–Trinajstić information content (AvgIpc) is 2.65. The highest BCUT2D eigenvalue weighted by Crippen LogP contribution is 2.22.